The summed E-state index contributed by atoms with van der Waals surface area (Å²) in [5, 5.41) is 0. The van der Waals surface area contributed by atoms with E-state index in [2.05, 4.69) is 11.8 Å². The predicted octanol–water partition coefficient (Wildman–Crippen LogP) is 4.15. The van der Waals surface area contributed by atoms with E-state index in [1.807, 2.05) is 25.7 Å². The van der Waals surface area contributed by atoms with Crippen LogP contribution in [0.4, 0.5) is 4.79 Å². The van der Waals surface area contributed by atoms with Crippen LogP contribution in [-0.2, 0) is 14.2 Å². The number of hydrogen-bond acceptors (Lipinski definition) is 9. The maximum atomic E-state index is 12.4. The zero-order valence-corrected chi connectivity index (χ0v) is 23.7. The molecule has 0 N–H and O–H groups in total. The van der Waals surface area contributed by atoms with E-state index in [0.717, 1.165) is 51.9 Å². The minimum atomic E-state index is -0.687. The summed E-state index contributed by atoms with van der Waals surface area (Å²) < 4.78 is 26.7. The van der Waals surface area contributed by atoms with Crippen LogP contribution in [0, 0.1) is 5.92 Å². The average Bonchev–Trinajstić information content (AvgIpc) is 2.87. The summed E-state index contributed by atoms with van der Waals surface area (Å²) in [5.74, 6) is -0.190. The first kappa shape index (κ1) is 29.5. The van der Waals surface area contributed by atoms with E-state index in [1.54, 1.807) is 6.07 Å². The highest BCUT2D eigenvalue weighted by atomic mass is 16.6. The van der Waals surface area contributed by atoms with Crippen molar-refractivity contribution in [3.63, 3.8) is 0 Å². The van der Waals surface area contributed by atoms with Crippen molar-refractivity contribution in [2.24, 2.45) is 5.92 Å². The zero-order valence-electron chi connectivity index (χ0n) is 23.7. The SMILES string of the molecule is CCN(CC1CCN(C(=O)OC(C)(C)C)CC1)C1CC(Oc2cc(OC)c(C(=O)OC)c(C(=O)OC)c2)C1. The molecule has 0 spiro atoms. The number of nitrogens with zero attached hydrogens (tertiary/aromatic N) is 2. The van der Waals surface area contributed by atoms with E-state index in [4.69, 9.17) is 23.7 Å². The Bertz CT molecular complexity index is 991. The van der Waals surface area contributed by atoms with Crippen LogP contribution < -0.4 is 9.47 Å². The molecular weight excluding hydrogens is 492 g/mol. The third-order valence-electron chi connectivity index (χ3n) is 7.14. The molecule has 2 fully saturated rings. The lowest BCUT2D eigenvalue weighted by atomic mass is 9.86. The van der Waals surface area contributed by atoms with Gasteiger partial charge in [-0.05, 0) is 52.1 Å². The van der Waals surface area contributed by atoms with Gasteiger partial charge in [0, 0.05) is 44.6 Å². The Morgan fingerprint density at radius 2 is 1.63 bits per heavy atom. The molecule has 1 saturated carbocycles. The van der Waals surface area contributed by atoms with Crippen LogP contribution in [0.3, 0.4) is 0 Å². The minimum absolute atomic E-state index is 0.00978. The molecule has 212 valence electrons. The van der Waals surface area contributed by atoms with Gasteiger partial charge >= 0.3 is 18.0 Å². The quantitative estimate of drug-likeness (QED) is 0.341. The summed E-state index contributed by atoms with van der Waals surface area (Å²) in [6, 6.07) is 3.51. The molecule has 0 radical (unpaired) electrons. The summed E-state index contributed by atoms with van der Waals surface area (Å²) in [5.41, 5.74) is -0.432. The maximum absolute atomic E-state index is 12.4. The van der Waals surface area contributed by atoms with Gasteiger partial charge in [-0.1, -0.05) is 6.92 Å². The minimum Gasteiger partial charge on any atom is -0.496 e. The number of likely N-dealkylation sites (tertiary alicyclic amines) is 1. The molecule has 1 heterocycles. The Labute approximate surface area is 225 Å². The smallest absolute Gasteiger partial charge is 0.410 e. The Kier molecular flexibility index (Phi) is 9.87. The van der Waals surface area contributed by atoms with Gasteiger partial charge in [0.1, 0.15) is 28.8 Å². The van der Waals surface area contributed by atoms with Crippen molar-refractivity contribution in [1.82, 2.24) is 9.80 Å². The molecule has 1 aromatic carbocycles. The van der Waals surface area contributed by atoms with Crippen molar-refractivity contribution in [2.45, 2.75) is 71.1 Å². The average molecular weight is 535 g/mol. The molecular formula is C28H42N2O8. The lowest BCUT2D eigenvalue weighted by Gasteiger charge is -2.44. The highest BCUT2D eigenvalue weighted by Crippen LogP contribution is 2.35. The van der Waals surface area contributed by atoms with Crippen LogP contribution >= 0.6 is 0 Å². The molecule has 1 aromatic rings. The molecule has 1 saturated heterocycles. The number of hydrogen-bond donors (Lipinski definition) is 0. The first-order chi connectivity index (χ1) is 18.0. The predicted molar refractivity (Wildman–Crippen MR) is 141 cm³/mol. The van der Waals surface area contributed by atoms with Crippen molar-refractivity contribution in [3.05, 3.63) is 23.3 Å². The molecule has 0 bridgehead atoms. The fourth-order valence-electron chi connectivity index (χ4n) is 5.02. The highest BCUT2D eigenvalue weighted by Gasteiger charge is 2.37. The van der Waals surface area contributed by atoms with Gasteiger partial charge in [0.15, 0.2) is 0 Å². The van der Waals surface area contributed by atoms with Gasteiger partial charge < -0.3 is 33.5 Å². The van der Waals surface area contributed by atoms with E-state index in [0.29, 0.717) is 17.7 Å². The van der Waals surface area contributed by atoms with E-state index in [-0.39, 0.29) is 29.1 Å². The number of esters is 2. The Hall–Kier alpha value is -3.01. The molecule has 1 amide bonds. The first-order valence-corrected chi connectivity index (χ1v) is 13.3. The van der Waals surface area contributed by atoms with Crippen LogP contribution in [0.5, 0.6) is 11.5 Å². The number of methoxy groups -OCH3 is 3. The van der Waals surface area contributed by atoms with Crippen molar-refractivity contribution in [2.75, 3.05) is 47.5 Å². The molecule has 1 aliphatic carbocycles. The number of benzene rings is 1. The summed E-state index contributed by atoms with van der Waals surface area (Å²) in [7, 11) is 3.91. The fraction of sp³-hybridized carbons (Fsp3) is 0.679. The number of amides is 1. The first-order valence-electron chi connectivity index (χ1n) is 13.3. The van der Waals surface area contributed by atoms with Crippen LogP contribution in [0.25, 0.3) is 0 Å². The summed E-state index contributed by atoms with van der Waals surface area (Å²) in [6.07, 6.45) is 3.41. The number of piperidine rings is 1. The van der Waals surface area contributed by atoms with Crippen molar-refractivity contribution < 1.29 is 38.1 Å². The topological polar surface area (TPSA) is 104 Å². The maximum Gasteiger partial charge on any atom is 0.410 e. The molecule has 10 heteroatoms. The normalized spacial score (nSPS) is 19.9. The van der Waals surface area contributed by atoms with Gasteiger partial charge in [-0.3, -0.25) is 0 Å². The third-order valence-corrected chi connectivity index (χ3v) is 7.14. The molecule has 3 rings (SSSR count). The second-order valence-electron chi connectivity index (χ2n) is 10.9. The van der Waals surface area contributed by atoms with Crippen molar-refractivity contribution in [1.29, 1.82) is 0 Å². The second-order valence-corrected chi connectivity index (χ2v) is 10.9. The zero-order chi connectivity index (χ0) is 28.0. The van der Waals surface area contributed by atoms with Crippen LogP contribution in [-0.4, -0.2) is 93.1 Å². The molecule has 38 heavy (non-hydrogen) atoms. The second kappa shape index (κ2) is 12.7. The number of rotatable bonds is 9. The Morgan fingerprint density at radius 3 is 2.16 bits per heavy atom. The standard InChI is InChI=1S/C28H42N2O8/c1-8-29(17-18-9-11-30(12-10-18)27(33)38-28(2,3)4)19-13-20(14-19)37-21-15-22(25(31)35-6)24(26(32)36-7)23(16-21)34-5/h15-16,18-20H,8-14,17H2,1-7H3. The summed E-state index contributed by atoms with van der Waals surface area (Å²) in [6.45, 7) is 11.2. The third kappa shape index (κ3) is 7.30. The van der Waals surface area contributed by atoms with E-state index < -0.39 is 17.5 Å². The van der Waals surface area contributed by atoms with Gasteiger partial charge in [-0.15, -0.1) is 0 Å². The van der Waals surface area contributed by atoms with Gasteiger partial charge in [0.05, 0.1) is 26.9 Å². The molecule has 2 aliphatic rings. The van der Waals surface area contributed by atoms with E-state index >= 15 is 0 Å². The lowest BCUT2D eigenvalue weighted by Crippen LogP contribution is -2.51. The van der Waals surface area contributed by atoms with Crippen LogP contribution in [0.2, 0.25) is 0 Å². The van der Waals surface area contributed by atoms with Gasteiger partial charge in [-0.2, -0.15) is 0 Å². The Morgan fingerprint density at radius 1 is 1.00 bits per heavy atom. The van der Waals surface area contributed by atoms with Gasteiger partial charge in [0.2, 0.25) is 0 Å². The summed E-state index contributed by atoms with van der Waals surface area (Å²) >= 11 is 0. The number of carbonyl (C=O) groups excluding carboxylic acids is 3. The summed E-state index contributed by atoms with van der Waals surface area (Å²) in [4.78, 5) is 41.3. The highest BCUT2D eigenvalue weighted by molar-refractivity contribution is 6.05. The molecule has 0 unspecified atom stereocenters. The monoisotopic (exact) mass is 534 g/mol. The van der Waals surface area contributed by atoms with Crippen molar-refractivity contribution >= 4 is 18.0 Å². The van der Waals surface area contributed by atoms with Gasteiger partial charge in [-0.25, -0.2) is 14.4 Å². The molecule has 0 atom stereocenters. The van der Waals surface area contributed by atoms with Crippen molar-refractivity contribution in [3.8, 4) is 11.5 Å². The fourth-order valence-corrected chi connectivity index (χ4v) is 5.02. The number of ether oxygens (including phenoxy) is 5. The molecule has 0 aromatic heterocycles. The molecule has 10 nitrogen and oxygen atoms in total. The number of carbonyl (C=O) groups is 3. The lowest BCUT2D eigenvalue weighted by molar-refractivity contribution is 0.000240. The van der Waals surface area contributed by atoms with E-state index in [1.165, 1.54) is 27.4 Å². The molecule has 1 aliphatic heterocycles. The van der Waals surface area contributed by atoms with Crippen LogP contribution in [0.15, 0.2) is 12.1 Å². The van der Waals surface area contributed by atoms with Gasteiger partial charge in [0.25, 0.3) is 0 Å². The largest absolute Gasteiger partial charge is 0.496 e. The Balaban J connectivity index is 1.55. The van der Waals surface area contributed by atoms with E-state index in [9.17, 15) is 14.4 Å². The van der Waals surface area contributed by atoms with Crippen LogP contribution in [0.1, 0.15) is 74.1 Å².